The topological polar surface area (TPSA) is 76.4 Å². The summed E-state index contributed by atoms with van der Waals surface area (Å²) in [6.45, 7) is 0. The number of para-hydroxylation sites is 1. The smallest absolute Gasteiger partial charge is 0.339 e. The van der Waals surface area contributed by atoms with Crippen molar-refractivity contribution in [2.75, 3.05) is 5.32 Å². The van der Waals surface area contributed by atoms with Crippen molar-refractivity contribution >= 4 is 44.7 Å². The quantitative estimate of drug-likeness (QED) is 0.483. The number of fused-ring (bicyclic) bond motifs is 2. The Hall–Kier alpha value is -3.80. The van der Waals surface area contributed by atoms with E-state index in [9.17, 15) is 0 Å². The average Bonchev–Trinajstić information content (AvgIpc) is 3.33. The number of benzene rings is 2. The number of hydrogen-bond donors (Lipinski definition) is 1. The first kappa shape index (κ1) is 17.6. The van der Waals surface area contributed by atoms with Gasteiger partial charge in [0.15, 0.2) is 11.5 Å². The Labute approximate surface area is 164 Å². The summed E-state index contributed by atoms with van der Waals surface area (Å²) in [5, 5.41) is 9.31. The van der Waals surface area contributed by atoms with Crippen molar-refractivity contribution in [1.29, 1.82) is 0 Å². The second-order valence-corrected chi connectivity index (χ2v) is 6.94. The molecular formula is C21H14N4O2S. The first-order valence-electron chi connectivity index (χ1n) is 8.43. The number of hydrogen-bond acceptors (Lipinski definition) is 6. The van der Waals surface area contributed by atoms with Crippen LogP contribution in [0, 0.1) is 0 Å². The van der Waals surface area contributed by atoms with Gasteiger partial charge in [0.1, 0.15) is 5.69 Å². The molecule has 5 aromatic rings. The van der Waals surface area contributed by atoms with E-state index >= 15 is 0 Å². The van der Waals surface area contributed by atoms with Crippen LogP contribution in [0.25, 0.3) is 26.3 Å². The fourth-order valence-corrected chi connectivity index (χ4v) is 3.94. The third-order valence-corrected chi connectivity index (χ3v) is 5.23. The Morgan fingerprint density at radius 2 is 1.68 bits per heavy atom. The highest BCUT2D eigenvalue weighted by Crippen LogP contribution is 2.33. The van der Waals surface area contributed by atoms with Crippen molar-refractivity contribution in [3.63, 3.8) is 0 Å². The molecule has 0 amide bonds. The Balaban J connectivity index is 0.000000604. The number of thiophene rings is 1. The van der Waals surface area contributed by atoms with Crippen LogP contribution in [-0.2, 0) is 9.59 Å². The number of aromatic nitrogens is 3. The third kappa shape index (κ3) is 3.53. The van der Waals surface area contributed by atoms with Gasteiger partial charge in [-0.3, -0.25) is 0 Å². The first-order valence-corrected chi connectivity index (χ1v) is 9.25. The second kappa shape index (κ2) is 7.84. The molecular weight excluding hydrogens is 372 g/mol. The number of anilines is 2. The Kier molecular flexibility index (Phi) is 4.93. The van der Waals surface area contributed by atoms with Gasteiger partial charge in [-0.2, -0.15) is 9.59 Å². The predicted octanol–water partition coefficient (Wildman–Crippen LogP) is 4.77. The van der Waals surface area contributed by atoms with Crippen LogP contribution < -0.4 is 5.32 Å². The Morgan fingerprint density at radius 1 is 0.929 bits per heavy atom. The molecule has 2 aromatic carbocycles. The molecule has 0 spiro atoms. The summed E-state index contributed by atoms with van der Waals surface area (Å²) in [4.78, 5) is 21.9. The van der Waals surface area contributed by atoms with E-state index in [0.29, 0.717) is 0 Å². The zero-order valence-electron chi connectivity index (χ0n) is 14.6. The molecule has 0 fully saturated rings. The summed E-state index contributed by atoms with van der Waals surface area (Å²) in [7, 11) is 0. The van der Waals surface area contributed by atoms with Crippen LogP contribution in [0.1, 0.15) is 0 Å². The van der Waals surface area contributed by atoms with Crippen molar-refractivity contribution in [3.8, 4) is 10.6 Å². The number of imidazole rings is 1. The van der Waals surface area contributed by atoms with E-state index in [1.54, 1.807) is 11.3 Å². The summed E-state index contributed by atoms with van der Waals surface area (Å²) in [5.74, 6) is 0.791. The monoisotopic (exact) mass is 386 g/mol. The van der Waals surface area contributed by atoms with Crippen LogP contribution in [0.3, 0.4) is 0 Å². The maximum atomic E-state index is 8.12. The maximum absolute atomic E-state index is 8.12. The summed E-state index contributed by atoms with van der Waals surface area (Å²) in [6.07, 6.45) is 2.14. The summed E-state index contributed by atoms with van der Waals surface area (Å²) < 4.78 is 3.17. The SMILES string of the molecule is O=C=O.c1ccc(Nc2ccc3ncc(-c4cc5ccccc5s4)n3n2)cc1. The highest BCUT2D eigenvalue weighted by molar-refractivity contribution is 7.22. The minimum Gasteiger partial charge on any atom is -0.339 e. The molecule has 28 heavy (non-hydrogen) atoms. The number of rotatable bonds is 3. The minimum atomic E-state index is 0.250. The van der Waals surface area contributed by atoms with Crippen LogP contribution in [0.4, 0.5) is 11.5 Å². The molecule has 0 aliphatic rings. The van der Waals surface area contributed by atoms with E-state index in [4.69, 9.17) is 14.7 Å². The van der Waals surface area contributed by atoms with Gasteiger partial charge in [0.25, 0.3) is 0 Å². The molecule has 0 atom stereocenters. The Morgan fingerprint density at radius 3 is 2.46 bits per heavy atom. The third-order valence-electron chi connectivity index (χ3n) is 4.09. The van der Waals surface area contributed by atoms with E-state index in [2.05, 4.69) is 40.6 Å². The number of nitrogens with one attached hydrogen (secondary N) is 1. The molecule has 136 valence electrons. The largest absolute Gasteiger partial charge is 0.373 e. The molecule has 0 bridgehead atoms. The molecule has 0 radical (unpaired) electrons. The fourth-order valence-electron chi connectivity index (χ4n) is 2.89. The second-order valence-electron chi connectivity index (χ2n) is 5.85. The molecule has 3 aromatic heterocycles. The van der Waals surface area contributed by atoms with Crippen LogP contribution in [0.5, 0.6) is 0 Å². The van der Waals surface area contributed by atoms with Crippen molar-refractivity contribution in [3.05, 3.63) is 79.0 Å². The number of carbonyl (C=O) groups excluding carboxylic acids is 2. The molecule has 7 heteroatoms. The lowest BCUT2D eigenvalue weighted by Crippen LogP contribution is -1.99. The highest BCUT2D eigenvalue weighted by Gasteiger charge is 2.11. The standard InChI is InChI=1S/C20H14N4S.CO2/c1-2-7-15(8-3-1)22-19-10-11-20-21-13-16(24(20)23-19)18-12-14-6-4-5-9-17(14)25-18;2-1-3/h1-13H,(H,22,23);. The lowest BCUT2D eigenvalue weighted by atomic mass is 10.2. The molecule has 6 nitrogen and oxygen atoms in total. The van der Waals surface area contributed by atoms with Crippen molar-refractivity contribution < 1.29 is 9.59 Å². The van der Waals surface area contributed by atoms with Gasteiger partial charge in [0, 0.05) is 10.4 Å². The van der Waals surface area contributed by atoms with E-state index in [1.165, 1.54) is 10.1 Å². The van der Waals surface area contributed by atoms with Gasteiger partial charge in [-0.05, 0) is 41.8 Å². The normalized spacial score (nSPS) is 10.3. The van der Waals surface area contributed by atoms with Crippen LogP contribution >= 0.6 is 11.3 Å². The number of nitrogens with zero attached hydrogens (tertiary/aromatic N) is 3. The maximum Gasteiger partial charge on any atom is 0.373 e. The van der Waals surface area contributed by atoms with E-state index < -0.39 is 0 Å². The van der Waals surface area contributed by atoms with Crippen LogP contribution in [-0.4, -0.2) is 20.7 Å². The predicted molar refractivity (Wildman–Crippen MR) is 109 cm³/mol. The molecule has 0 saturated heterocycles. The van der Waals surface area contributed by atoms with Gasteiger partial charge in [-0.1, -0.05) is 36.4 Å². The van der Waals surface area contributed by atoms with Gasteiger partial charge in [0.2, 0.25) is 0 Å². The summed E-state index contributed by atoms with van der Waals surface area (Å²) >= 11 is 1.76. The zero-order chi connectivity index (χ0) is 19.3. The average molecular weight is 386 g/mol. The molecule has 0 unspecified atom stereocenters. The van der Waals surface area contributed by atoms with Crippen molar-refractivity contribution in [2.24, 2.45) is 0 Å². The van der Waals surface area contributed by atoms with Crippen molar-refractivity contribution in [2.45, 2.75) is 0 Å². The lowest BCUT2D eigenvalue weighted by molar-refractivity contribution is -0.191. The van der Waals surface area contributed by atoms with E-state index in [-0.39, 0.29) is 6.15 Å². The molecule has 3 heterocycles. The Bertz CT molecular complexity index is 1240. The first-order chi connectivity index (χ1) is 13.8. The summed E-state index contributed by atoms with van der Waals surface area (Å²) in [6, 6.07) is 24.6. The van der Waals surface area contributed by atoms with Gasteiger partial charge < -0.3 is 5.32 Å². The molecule has 0 aliphatic carbocycles. The van der Waals surface area contributed by atoms with Crippen LogP contribution in [0.15, 0.2) is 79.0 Å². The van der Waals surface area contributed by atoms with E-state index in [0.717, 1.165) is 27.7 Å². The molecule has 0 saturated carbocycles. The van der Waals surface area contributed by atoms with Gasteiger partial charge in [-0.15, -0.1) is 16.4 Å². The highest BCUT2D eigenvalue weighted by atomic mass is 32.1. The molecule has 0 aliphatic heterocycles. The van der Waals surface area contributed by atoms with Crippen LogP contribution in [0.2, 0.25) is 0 Å². The molecule has 1 N–H and O–H groups in total. The lowest BCUT2D eigenvalue weighted by Gasteiger charge is -2.06. The van der Waals surface area contributed by atoms with Gasteiger partial charge >= 0.3 is 6.15 Å². The molecule has 5 rings (SSSR count). The van der Waals surface area contributed by atoms with Crippen molar-refractivity contribution in [1.82, 2.24) is 14.6 Å². The van der Waals surface area contributed by atoms with Gasteiger partial charge in [0.05, 0.1) is 11.1 Å². The zero-order valence-corrected chi connectivity index (χ0v) is 15.4. The van der Waals surface area contributed by atoms with Gasteiger partial charge in [-0.25, -0.2) is 9.50 Å². The fraction of sp³-hybridized carbons (Fsp3) is 0. The summed E-state index contributed by atoms with van der Waals surface area (Å²) in [5.41, 5.74) is 2.86. The van der Waals surface area contributed by atoms with E-state index in [1.807, 2.05) is 53.2 Å². The minimum absolute atomic E-state index is 0.250.